The third-order valence-corrected chi connectivity index (χ3v) is 3.42. The van der Waals surface area contributed by atoms with E-state index in [-0.39, 0.29) is 0 Å². The van der Waals surface area contributed by atoms with Crippen LogP contribution in [0.4, 0.5) is 5.69 Å². The summed E-state index contributed by atoms with van der Waals surface area (Å²) >= 11 is 0. The van der Waals surface area contributed by atoms with Crippen LogP contribution in [0.15, 0.2) is 48.5 Å². The van der Waals surface area contributed by atoms with Crippen LogP contribution in [-0.4, -0.2) is 11.5 Å². The maximum absolute atomic E-state index is 4.73. The minimum atomic E-state index is 1.01. The van der Waals surface area contributed by atoms with Gasteiger partial charge >= 0.3 is 0 Å². The number of para-hydroxylation sites is 2. The molecule has 0 radical (unpaired) electrons. The van der Waals surface area contributed by atoms with E-state index >= 15 is 0 Å². The Kier molecular flexibility index (Phi) is 3.32. The molecule has 0 amide bonds. The van der Waals surface area contributed by atoms with Crippen LogP contribution in [0.1, 0.15) is 19.8 Å². The van der Waals surface area contributed by atoms with E-state index in [1.807, 2.05) is 12.1 Å². The van der Waals surface area contributed by atoms with Gasteiger partial charge in [-0.15, -0.1) is 0 Å². The first-order valence-corrected chi connectivity index (χ1v) is 6.91. The highest BCUT2D eigenvalue weighted by atomic mass is 14.9. The zero-order chi connectivity index (χ0) is 13.1. The van der Waals surface area contributed by atoms with Crippen LogP contribution in [0.2, 0.25) is 0 Å². The molecule has 0 fully saturated rings. The maximum atomic E-state index is 4.73. The Morgan fingerprint density at radius 2 is 1.47 bits per heavy atom. The molecule has 96 valence electrons. The summed E-state index contributed by atoms with van der Waals surface area (Å²) < 4.78 is 0. The first-order valence-electron chi connectivity index (χ1n) is 6.91. The molecule has 0 aliphatic rings. The highest BCUT2D eigenvalue weighted by Crippen LogP contribution is 2.30. The first-order chi connectivity index (χ1) is 9.40. The number of unbranched alkanes of at least 4 members (excludes halogenated alkanes) is 1. The minimum Gasteiger partial charge on any atom is -0.384 e. The average molecular weight is 250 g/mol. The number of pyridine rings is 1. The van der Waals surface area contributed by atoms with E-state index in [9.17, 15) is 0 Å². The highest BCUT2D eigenvalue weighted by molar-refractivity contribution is 6.07. The molecule has 1 aromatic heterocycles. The van der Waals surface area contributed by atoms with Crippen molar-refractivity contribution < 1.29 is 0 Å². The second kappa shape index (κ2) is 5.27. The van der Waals surface area contributed by atoms with Crippen molar-refractivity contribution in [2.75, 3.05) is 11.9 Å². The van der Waals surface area contributed by atoms with E-state index < -0.39 is 0 Å². The van der Waals surface area contributed by atoms with Crippen molar-refractivity contribution in [3.8, 4) is 0 Å². The molecule has 0 bridgehead atoms. The summed E-state index contributed by atoms with van der Waals surface area (Å²) in [6, 6.07) is 16.7. The quantitative estimate of drug-likeness (QED) is 0.540. The Bertz CT molecular complexity index is 650. The molecule has 0 saturated carbocycles. The van der Waals surface area contributed by atoms with Gasteiger partial charge in [0, 0.05) is 17.3 Å². The van der Waals surface area contributed by atoms with Gasteiger partial charge in [-0.2, -0.15) is 0 Å². The van der Waals surface area contributed by atoms with E-state index in [4.69, 9.17) is 4.98 Å². The van der Waals surface area contributed by atoms with Gasteiger partial charge in [0.25, 0.3) is 0 Å². The fraction of sp³-hybridized carbons (Fsp3) is 0.235. The molecular weight excluding hydrogens is 232 g/mol. The molecule has 3 aromatic rings. The normalized spacial score (nSPS) is 11.0. The van der Waals surface area contributed by atoms with Crippen molar-refractivity contribution in [1.29, 1.82) is 0 Å². The van der Waals surface area contributed by atoms with Crippen LogP contribution < -0.4 is 5.32 Å². The molecule has 0 atom stereocenters. The number of nitrogens with zero attached hydrogens (tertiary/aromatic N) is 1. The molecular formula is C17H18N2. The molecule has 2 nitrogen and oxygen atoms in total. The lowest BCUT2D eigenvalue weighted by molar-refractivity contribution is 0.835. The van der Waals surface area contributed by atoms with Crippen molar-refractivity contribution in [1.82, 2.24) is 4.98 Å². The molecule has 3 rings (SSSR count). The van der Waals surface area contributed by atoms with Crippen LogP contribution in [0, 0.1) is 0 Å². The lowest BCUT2D eigenvalue weighted by Gasteiger charge is -2.12. The lowest BCUT2D eigenvalue weighted by Crippen LogP contribution is -2.02. The SMILES string of the molecule is CCCCNc1c2ccccc2nc2ccccc12. The molecule has 2 aromatic carbocycles. The van der Waals surface area contributed by atoms with Crippen LogP contribution in [0.3, 0.4) is 0 Å². The molecule has 1 heterocycles. The van der Waals surface area contributed by atoms with Crippen LogP contribution in [0.5, 0.6) is 0 Å². The van der Waals surface area contributed by atoms with Crippen molar-refractivity contribution in [3.63, 3.8) is 0 Å². The van der Waals surface area contributed by atoms with Crippen LogP contribution in [0.25, 0.3) is 21.8 Å². The van der Waals surface area contributed by atoms with Gasteiger partial charge in [0.15, 0.2) is 0 Å². The number of rotatable bonds is 4. The molecule has 0 saturated heterocycles. The maximum Gasteiger partial charge on any atom is 0.0730 e. The summed E-state index contributed by atoms with van der Waals surface area (Å²) in [7, 11) is 0. The van der Waals surface area contributed by atoms with E-state index in [2.05, 4.69) is 48.6 Å². The second-order valence-electron chi connectivity index (χ2n) is 4.80. The van der Waals surface area contributed by atoms with Gasteiger partial charge in [-0.25, -0.2) is 4.98 Å². The number of fused-ring (bicyclic) bond motifs is 2. The molecule has 2 heteroatoms. The standard InChI is InChI=1S/C17H18N2/c1-2-3-12-18-17-13-8-4-6-10-15(13)19-16-11-7-5-9-14(16)17/h4-11H,2-3,12H2,1H3,(H,18,19). The topological polar surface area (TPSA) is 24.9 Å². The van der Waals surface area contributed by atoms with Crippen LogP contribution >= 0.6 is 0 Å². The summed E-state index contributed by atoms with van der Waals surface area (Å²) in [5.74, 6) is 0. The molecule has 1 N–H and O–H groups in total. The number of nitrogens with one attached hydrogen (secondary N) is 1. The number of benzene rings is 2. The summed E-state index contributed by atoms with van der Waals surface area (Å²) in [6.45, 7) is 3.22. The number of hydrogen-bond acceptors (Lipinski definition) is 2. The summed E-state index contributed by atoms with van der Waals surface area (Å²) in [6.07, 6.45) is 2.39. The van der Waals surface area contributed by atoms with Gasteiger partial charge in [-0.1, -0.05) is 49.7 Å². The summed E-state index contributed by atoms with van der Waals surface area (Å²) in [5, 5.41) is 6.00. The average Bonchev–Trinajstić information content (AvgIpc) is 2.46. The van der Waals surface area contributed by atoms with Gasteiger partial charge < -0.3 is 5.32 Å². The Hall–Kier alpha value is -2.09. The molecule has 0 spiro atoms. The predicted molar refractivity (Wildman–Crippen MR) is 82.6 cm³/mol. The first kappa shape index (κ1) is 12.0. The monoisotopic (exact) mass is 250 g/mol. The molecule has 0 aliphatic carbocycles. The van der Waals surface area contributed by atoms with E-state index in [1.54, 1.807) is 0 Å². The van der Waals surface area contributed by atoms with Crippen molar-refractivity contribution in [3.05, 3.63) is 48.5 Å². The van der Waals surface area contributed by atoms with Crippen molar-refractivity contribution >= 4 is 27.5 Å². The number of aromatic nitrogens is 1. The Labute approximate surface area is 113 Å². The third kappa shape index (κ3) is 2.26. The van der Waals surface area contributed by atoms with Gasteiger partial charge in [-0.05, 0) is 18.6 Å². The molecule has 0 aliphatic heterocycles. The summed E-state index contributed by atoms with van der Waals surface area (Å²) in [5.41, 5.74) is 3.33. The zero-order valence-electron chi connectivity index (χ0n) is 11.2. The predicted octanol–water partition coefficient (Wildman–Crippen LogP) is 4.60. The minimum absolute atomic E-state index is 1.01. The Morgan fingerprint density at radius 3 is 2.05 bits per heavy atom. The zero-order valence-corrected chi connectivity index (χ0v) is 11.2. The largest absolute Gasteiger partial charge is 0.384 e. The second-order valence-corrected chi connectivity index (χ2v) is 4.80. The van der Waals surface area contributed by atoms with E-state index in [0.717, 1.165) is 17.6 Å². The Morgan fingerprint density at radius 1 is 0.895 bits per heavy atom. The van der Waals surface area contributed by atoms with E-state index in [0.29, 0.717) is 0 Å². The van der Waals surface area contributed by atoms with E-state index in [1.165, 1.54) is 29.3 Å². The smallest absolute Gasteiger partial charge is 0.0730 e. The van der Waals surface area contributed by atoms with Gasteiger partial charge in [0.2, 0.25) is 0 Å². The highest BCUT2D eigenvalue weighted by Gasteiger charge is 2.07. The molecule has 0 unspecified atom stereocenters. The lowest BCUT2D eigenvalue weighted by atomic mass is 10.1. The van der Waals surface area contributed by atoms with Crippen molar-refractivity contribution in [2.45, 2.75) is 19.8 Å². The van der Waals surface area contributed by atoms with Crippen molar-refractivity contribution in [2.24, 2.45) is 0 Å². The van der Waals surface area contributed by atoms with Crippen LogP contribution in [-0.2, 0) is 0 Å². The fourth-order valence-electron chi connectivity index (χ4n) is 2.42. The van der Waals surface area contributed by atoms with Gasteiger partial charge in [0.1, 0.15) is 0 Å². The van der Waals surface area contributed by atoms with Gasteiger partial charge in [0.05, 0.1) is 16.7 Å². The fourth-order valence-corrected chi connectivity index (χ4v) is 2.42. The number of hydrogen-bond donors (Lipinski definition) is 1. The third-order valence-electron chi connectivity index (χ3n) is 3.42. The summed E-state index contributed by atoms with van der Waals surface area (Å²) in [4.78, 5) is 4.73. The Balaban J connectivity index is 2.21. The van der Waals surface area contributed by atoms with Gasteiger partial charge in [-0.3, -0.25) is 0 Å². The number of anilines is 1. The molecule has 19 heavy (non-hydrogen) atoms.